The van der Waals surface area contributed by atoms with Gasteiger partial charge in [-0.25, -0.2) is 0 Å². The molecule has 0 saturated heterocycles. The van der Waals surface area contributed by atoms with Gasteiger partial charge in [-0.2, -0.15) is 0 Å². The van der Waals surface area contributed by atoms with E-state index in [1.807, 2.05) is 0 Å². The molecule has 2 nitrogen and oxygen atoms in total. The minimum Gasteiger partial charge on any atom is -0.390 e. The Hall–Kier alpha value is -0.860. The Kier molecular flexibility index (Phi) is 2.71. The molecule has 2 heteroatoms. The monoisotopic (exact) mass is 257 g/mol. The maximum atomic E-state index is 10.6. The topological polar surface area (TPSA) is 32.3 Å². The molecule has 0 amide bonds. The summed E-state index contributed by atoms with van der Waals surface area (Å²) in [6.45, 7) is 0.974. The van der Waals surface area contributed by atoms with Crippen molar-refractivity contribution in [2.45, 2.75) is 50.3 Å². The van der Waals surface area contributed by atoms with Gasteiger partial charge in [-0.3, -0.25) is 0 Å². The van der Waals surface area contributed by atoms with Gasteiger partial charge in [-0.1, -0.05) is 30.3 Å². The smallest absolute Gasteiger partial charge is 0.0657 e. The summed E-state index contributed by atoms with van der Waals surface area (Å²) in [6, 6.07) is 11.3. The normalized spacial score (nSPS) is 43.6. The molecule has 1 aromatic rings. The Morgan fingerprint density at radius 1 is 1.05 bits per heavy atom. The van der Waals surface area contributed by atoms with Gasteiger partial charge < -0.3 is 10.4 Å². The first-order valence-corrected chi connectivity index (χ1v) is 7.72. The molecule has 2 N–H and O–H groups in total. The van der Waals surface area contributed by atoms with Crippen LogP contribution in [0.2, 0.25) is 0 Å². The molecule has 19 heavy (non-hydrogen) atoms. The van der Waals surface area contributed by atoms with E-state index in [1.54, 1.807) is 0 Å². The predicted molar refractivity (Wildman–Crippen MR) is 75.6 cm³/mol. The predicted octanol–water partition coefficient (Wildman–Crippen LogP) is 2.72. The third kappa shape index (κ3) is 2.11. The molecule has 4 aliphatic carbocycles. The van der Waals surface area contributed by atoms with Crippen molar-refractivity contribution in [3.63, 3.8) is 0 Å². The Morgan fingerprint density at radius 2 is 1.74 bits per heavy atom. The largest absolute Gasteiger partial charge is 0.390 e. The van der Waals surface area contributed by atoms with E-state index in [0.29, 0.717) is 17.9 Å². The van der Waals surface area contributed by atoms with E-state index >= 15 is 0 Å². The van der Waals surface area contributed by atoms with Crippen molar-refractivity contribution in [3.05, 3.63) is 35.9 Å². The number of benzene rings is 1. The third-order valence-corrected chi connectivity index (χ3v) is 5.63. The Morgan fingerprint density at radius 3 is 2.37 bits per heavy atom. The molecule has 4 saturated carbocycles. The molecule has 102 valence electrons. The highest BCUT2D eigenvalue weighted by Crippen LogP contribution is 2.55. The average molecular weight is 257 g/mol. The summed E-state index contributed by atoms with van der Waals surface area (Å²) in [7, 11) is 0. The number of aliphatic hydroxyl groups is 1. The first kappa shape index (κ1) is 11.9. The van der Waals surface area contributed by atoms with Crippen LogP contribution in [0.4, 0.5) is 0 Å². The molecule has 1 unspecified atom stereocenters. The van der Waals surface area contributed by atoms with Crippen molar-refractivity contribution in [1.29, 1.82) is 0 Å². The maximum absolute atomic E-state index is 10.6. The second kappa shape index (κ2) is 4.32. The molecule has 4 aliphatic rings. The number of hydrogen-bond acceptors (Lipinski definition) is 2. The lowest BCUT2D eigenvalue weighted by Crippen LogP contribution is -2.60. The zero-order valence-corrected chi connectivity index (χ0v) is 11.4. The van der Waals surface area contributed by atoms with E-state index in [0.717, 1.165) is 31.7 Å². The summed E-state index contributed by atoms with van der Waals surface area (Å²) in [5.41, 5.74) is 1.07. The third-order valence-electron chi connectivity index (χ3n) is 5.63. The van der Waals surface area contributed by atoms with E-state index in [2.05, 4.69) is 35.6 Å². The van der Waals surface area contributed by atoms with Gasteiger partial charge in [0.1, 0.15) is 0 Å². The summed E-state index contributed by atoms with van der Waals surface area (Å²) in [5, 5.41) is 14.4. The van der Waals surface area contributed by atoms with Crippen LogP contribution in [0.5, 0.6) is 0 Å². The highest BCUT2D eigenvalue weighted by Gasteiger charge is 2.54. The zero-order valence-electron chi connectivity index (χ0n) is 11.4. The van der Waals surface area contributed by atoms with Crippen molar-refractivity contribution in [2.24, 2.45) is 17.8 Å². The van der Waals surface area contributed by atoms with E-state index in [1.165, 1.54) is 18.4 Å². The molecule has 0 spiro atoms. The van der Waals surface area contributed by atoms with Crippen LogP contribution in [0, 0.1) is 17.8 Å². The van der Waals surface area contributed by atoms with E-state index in [9.17, 15) is 5.11 Å². The maximum Gasteiger partial charge on any atom is 0.0657 e. The van der Waals surface area contributed by atoms with Gasteiger partial charge in [0.05, 0.1) is 5.60 Å². The molecule has 5 rings (SSSR count). The van der Waals surface area contributed by atoms with Crippen molar-refractivity contribution in [3.8, 4) is 0 Å². The van der Waals surface area contributed by atoms with E-state index in [4.69, 9.17) is 0 Å². The lowest BCUT2D eigenvalue weighted by atomic mass is 9.52. The fourth-order valence-corrected chi connectivity index (χ4v) is 5.15. The van der Waals surface area contributed by atoms with Gasteiger partial charge in [0, 0.05) is 12.6 Å². The number of nitrogens with one attached hydrogen (secondary N) is 1. The van der Waals surface area contributed by atoms with Crippen LogP contribution in [0.3, 0.4) is 0 Å². The molecule has 0 radical (unpaired) electrons. The second-order valence-electron chi connectivity index (χ2n) is 7.09. The summed E-state index contributed by atoms with van der Waals surface area (Å²) >= 11 is 0. The second-order valence-corrected chi connectivity index (χ2v) is 7.09. The summed E-state index contributed by atoms with van der Waals surface area (Å²) < 4.78 is 0. The molecule has 4 bridgehead atoms. The quantitative estimate of drug-likeness (QED) is 0.872. The SMILES string of the molecule is OC12C[C@H]3C[C@H](C1)[C@@H](NCc1ccccc1)[C@@H](C3)C2. The number of rotatable bonds is 3. The average Bonchev–Trinajstić information content (AvgIpc) is 2.37. The summed E-state index contributed by atoms with van der Waals surface area (Å²) in [4.78, 5) is 0. The van der Waals surface area contributed by atoms with E-state index in [-0.39, 0.29) is 5.60 Å². The summed E-state index contributed by atoms with van der Waals surface area (Å²) in [6.07, 6.45) is 5.82. The van der Waals surface area contributed by atoms with Crippen LogP contribution in [-0.2, 0) is 6.54 Å². The van der Waals surface area contributed by atoms with Crippen LogP contribution in [0.25, 0.3) is 0 Å². The fraction of sp³-hybridized carbons (Fsp3) is 0.647. The van der Waals surface area contributed by atoms with Crippen molar-refractivity contribution in [2.75, 3.05) is 0 Å². The molecule has 1 aromatic carbocycles. The van der Waals surface area contributed by atoms with Crippen LogP contribution in [0.1, 0.15) is 37.7 Å². The van der Waals surface area contributed by atoms with Crippen LogP contribution < -0.4 is 5.32 Å². The first-order valence-electron chi connectivity index (χ1n) is 7.72. The van der Waals surface area contributed by atoms with Gasteiger partial charge in [0.25, 0.3) is 0 Å². The van der Waals surface area contributed by atoms with E-state index < -0.39 is 0 Å². The molecule has 0 aromatic heterocycles. The molecule has 4 fully saturated rings. The summed E-state index contributed by atoms with van der Waals surface area (Å²) in [5.74, 6) is 2.22. The van der Waals surface area contributed by atoms with Crippen LogP contribution >= 0.6 is 0 Å². The van der Waals surface area contributed by atoms with Crippen molar-refractivity contribution < 1.29 is 5.11 Å². The molecule has 0 aliphatic heterocycles. The Labute approximate surface area is 115 Å². The van der Waals surface area contributed by atoms with Gasteiger partial charge in [0.15, 0.2) is 0 Å². The standard InChI is InChI=1S/C17H23NO/c19-17-8-13-6-14(9-17)16(15(7-13)10-17)18-11-12-4-2-1-3-5-12/h1-5,13-16,18-19H,6-11H2/t13-,14+,15-,16+,17?. The Bertz CT molecular complexity index is 442. The van der Waals surface area contributed by atoms with Crippen molar-refractivity contribution in [1.82, 2.24) is 5.32 Å². The van der Waals surface area contributed by atoms with Crippen LogP contribution in [0.15, 0.2) is 30.3 Å². The van der Waals surface area contributed by atoms with Crippen molar-refractivity contribution >= 4 is 0 Å². The van der Waals surface area contributed by atoms with Gasteiger partial charge in [-0.05, 0) is 55.4 Å². The van der Waals surface area contributed by atoms with Gasteiger partial charge in [-0.15, -0.1) is 0 Å². The minimum absolute atomic E-state index is 0.304. The lowest BCUT2D eigenvalue weighted by Gasteiger charge is -2.58. The highest BCUT2D eigenvalue weighted by atomic mass is 16.3. The minimum atomic E-state index is -0.304. The molecular weight excluding hydrogens is 234 g/mol. The molecule has 0 heterocycles. The highest BCUT2D eigenvalue weighted by molar-refractivity contribution is 5.15. The van der Waals surface area contributed by atoms with Crippen LogP contribution in [-0.4, -0.2) is 16.7 Å². The number of hydrogen-bond donors (Lipinski definition) is 2. The molecule has 5 atom stereocenters. The van der Waals surface area contributed by atoms with Gasteiger partial charge in [0.2, 0.25) is 0 Å². The lowest BCUT2D eigenvalue weighted by molar-refractivity contribution is -0.138. The Balaban J connectivity index is 1.45. The van der Waals surface area contributed by atoms with Gasteiger partial charge >= 0.3 is 0 Å². The first-order chi connectivity index (χ1) is 9.22. The molecular formula is C17H23NO. The fourth-order valence-electron chi connectivity index (χ4n) is 5.15. The zero-order chi connectivity index (χ0) is 12.9.